The van der Waals surface area contributed by atoms with E-state index in [4.69, 9.17) is 0 Å². The number of hydrogen-bond donors (Lipinski definition) is 0. The maximum atomic E-state index is 14.2. The molecular formula is C18H19FN4S. The van der Waals surface area contributed by atoms with Crippen LogP contribution in [0.15, 0.2) is 53.8 Å². The highest BCUT2D eigenvalue weighted by molar-refractivity contribution is 7.98. The molecule has 0 bridgehead atoms. The molecule has 0 unspecified atom stereocenters. The number of aromatic nitrogens is 4. The Morgan fingerprint density at radius 3 is 2.58 bits per heavy atom. The van der Waals surface area contributed by atoms with Gasteiger partial charge in [-0.15, -0.1) is 10.2 Å². The summed E-state index contributed by atoms with van der Waals surface area (Å²) < 4.78 is 16.2. The normalized spacial score (nSPS) is 11.2. The molecule has 0 radical (unpaired) electrons. The lowest BCUT2D eigenvalue weighted by Crippen LogP contribution is -2.08. The molecule has 3 rings (SSSR count). The van der Waals surface area contributed by atoms with E-state index in [0.29, 0.717) is 23.1 Å². The van der Waals surface area contributed by atoms with Crippen LogP contribution >= 0.6 is 11.8 Å². The van der Waals surface area contributed by atoms with Crippen molar-refractivity contribution in [3.63, 3.8) is 0 Å². The van der Waals surface area contributed by atoms with Gasteiger partial charge >= 0.3 is 0 Å². The van der Waals surface area contributed by atoms with E-state index < -0.39 is 0 Å². The van der Waals surface area contributed by atoms with Gasteiger partial charge < -0.3 is 4.57 Å². The molecule has 2 aromatic heterocycles. The first-order chi connectivity index (χ1) is 11.6. The molecule has 0 aliphatic heterocycles. The van der Waals surface area contributed by atoms with Crippen molar-refractivity contribution < 1.29 is 4.39 Å². The fourth-order valence-corrected chi connectivity index (χ4v) is 3.25. The maximum absolute atomic E-state index is 14.2. The molecule has 0 amide bonds. The van der Waals surface area contributed by atoms with Gasteiger partial charge in [-0.05, 0) is 30.2 Å². The maximum Gasteiger partial charge on any atom is 0.191 e. The third-order valence-electron chi connectivity index (χ3n) is 3.45. The molecule has 0 aliphatic carbocycles. The summed E-state index contributed by atoms with van der Waals surface area (Å²) in [5.74, 6) is 1.40. The van der Waals surface area contributed by atoms with Crippen molar-refractivity contribution in [2.24, 2.45) is 5.92 Å². The van der Waals surface area contributed by atoms with Crippen molar-refractivity contribution in [2.75, 3.05) is 0 Å². The summed E-state index contributed by atoms with van der Waals surface area (Å²) in [7, 11) is 0. The van der Waals surface area contributed by atoms with Gasteiger partial charge in [0, 0.05) is 18.5 Å². The van der Waals surface area contributed by atoms with Gasteiger partial charge in [0.05, 0.1) is 11.3 Å². The van der Waals surface area contributed by atoms with Crippen molar-refractivity contribution in [1.82, 2.24) is 19.7 Å². The minimum absolute atomic E-state index is 0.281. The molecule has 0 saturated carbocycles. The van der Waals surface area contributed by atoms with E-state index in [2.05, 4.69) is 29.0 Å². The van der Waals surface area contributed by atoms with Crippen molar-refractivity contribution in [3.05, 3.63) is 60.2 Å². The molecule has 4 nitrogen and oxygen atoms in total. The molecule has 0 fully saturated rings. The minimum atomic E-state index is -0.281. The number of rotatable bonds is 6. The zero-order valence-electron chi connectivity index (χ0n) is 13.7. The minimum Gasteiger partial charge on any atom is -0.302 e. The Morgan fingerprint density at radius 2 is 1.88 bits per heavy atom. The quantitative estimate of drug-likeness (QED) is 0.622. The van der Waals surface area contributed by atoms with E-state index in [0.717, 1.165) is 17.4 Å². The van der Waals surface area contributed by atoms with Gasteiger partial charge in [-0.2, -0.15) is 0 Å². The Labute approximate surface area is 145 Å². The Kier molecular flexibility index (Phi) is 5.25. The molecule has 0 atom stereocenters. The van der Waals surface area contributed by atoms with Crippen LogP contribution in [0, 0.1) is 11.7 Å². The summed E-state index contributed by atoms with van der Waals surface area (Å²) in [6, 6.07) is 12.5. The molecule has 24 heavy (non-hydrogen) atoms. The second-order valence-electron chi connectivity index (χ2n) is 5.90. The van der Waals surface area contributed by atoms with Crippen molar-refractivity contribution in [1.29, 1.82) is 0 Å². The van der Waals surface area contributed by atoms with E-state index in [1.807, 2.05) is 28.8 Å². The monoisotopic (exact) mass is 342 g/mol. The summed E-state index contributed by atoms with van der Waals surface area (Å²) in [4.78, 5) is 4.33. The fraction of sp³-hybridized carbons (Fsp3) is 0.278. The van der Waals surface area contributed by atoms with Gasteiger partial charge in [0.1, 0.15) is 5.82 Å². The van der Waals surface area contributed by atoms with Gasteiger partial charge in [0.25, 0.3) is 0 Å². The lowest BCUT2D eigenvalue weighted by molar-refractivity contribution is 0.496. The topological polar surface area (TPSA) is 43.6 Å². The zero-order valence-corrected chi connectivity index (χ0v) is 14.5. The largest absolute Gasteiger partial charge is 0.302 e. The second kappa shape index (κ2) is 7.57. The van der Waals surface area contributed by atoms with Crippen LogP contribution < -0.4 is 0 Å². The number of halogens is 1. The third-order valence-corrected chi connectivity index (χ3v) is 4.45. The molecule has 2 heterocycles. The van der Waals surface area contributed by atoms with Crippen molar-refractivity contribution >= 4 is 11.8 Å². The smallest absolute Gasteiger partial charge is 0.191 e. The molecular weight excluding hydrogens is 323 g/mol. The lowest BCUT2D eigenvalue weighted by Gasteiger charge is -2.12. The van der Waals surface area contributed by atoms with Crippen LogP contribution in [0.3, 0.4) is 0 Å². The van der Waals surface area contributed by atoms with Gasteiger partial charge in [0.2, 0.25) is 0 Å². The second-order valence-corrected chi connectivity index (χ2v) is 6.84. The number of benzene rings is 1. The predicted octanol–water partition coefficient (Wildman–Crippen LogP) is 4.43. The summed E-state index contributed by atoms with van der Waals surface area (Å²) >= 11 is 1.57. The Balaban J connectivity index is 1.91. The van der Waals surface area contributed by atoms with Crippen molar-refractivity contribution in [2.45, 2.75) is 31.3 Å². The van der Waals surface area contributed by atoms with Crippen LogP contribution in [-0.2, 0) is 12.3 Å². The summed E-state index contributed by atoms with van der Waals surface area (Å²) in [6.45, 7) is 4.98. The van der Waals surface area contributed by atoms with E-state index in [9.17, 15) is 4.39 Å². The lowest BCUT2D eigenvalue weighted by atomic mass is 10.2. The Hall–Kier alpha value is -2.21. The molecule has 0 N–H and O–H groups in total. The highest BCUT2D eigenvalue weighted by Gasteiger charge is 2.18. The number of pyridine rings is 1. The van der Waals surface area contributed by atoms with Crippen LogP contribution in [-0.4, -0.2) is 19.7 Å². The van der Waals surface area contributed by atoms with Crippen LogP contribution in [0.4, 0.5) is 4.39 Å². The molecule has 0 spiro atoms. The zero-order chi connectivity index (χ0) is 16.9. The van der Waals surface area contributed by atoms with Gasteiger partial charge in [0.15, 0.2) is 11.0 Å². The van der Waals surface area contributed by atoms with Gasteiger partial charge in [-0.25, -0.2) is 4.39 Å². The molecule has 0 saturated heterocycles. The number of thioether (sulfide) groups is 1. The van der Waals surface area contributed by atoms with Crippen LogP contribution in [0.1, 0.15) is 19.5 Å². The van der Waals surface area contributed by atoms with E-state index in [1.165, 1.54) is 6.07 Å². The highest BCUT2D eigenvalue weighted by atomic mass is 32.2. The highest BCUT2D eigenvalue weighted by Crippen LogP contribution is 2.28. The number of nitrogens with zero attached hydrogens (tertiary/aromatic N) is 4. The standard InChI is InChI=1S/C18H19FN4S/c1-13(2)11-23-17(15-8-3-4-9-16(15)19)21-22-18(23)24-12-14-7-5-6-10-20-14/h3-10,13H,11-12H2,1-2H3. The average Bonchev–Trinajstić information content (AvgIpc) is 2.96. The van der Waals surface area contributed by atoms with Gasteiger partial charge in [-0.3, -0.25) is 4.98 Å². The molecule has 124 valence electrons. The number of hydrogen-bond acceptors (Lipinski definition) is 4. The van der Waals surface area contributed by atoms with Crippen LogP contribution in [0.2, 0.25) is 0 Å². The van der Waals surface area contributed by atoms with Crippen LogP contribution in [0.5, 0.6) is 0 Å². The van der Waals surface area contributed by atoms with Gasteiger partial charge in [-0.1, -0.05) is 43.8 Å². The van der Waals surface area contributed by atoms with E-state index in [-0.39, 0.29) is 5.82 Å². The summed E-state index contributed by atoms with van der Waals surface area (Å²) in [5, 5.41) is 9.31. The van der Waals surface area contributed by atoms with Crippen LogP contribution in [0.25, 0.3) is 11.4 Å². The first kappa shape index (κ1) is 16.6. The molecule has 3 aromatic rings. The first-order valence-corrected chi connectivity index (χ1v) is 8.84. The summed E-state index contributed by atoms with van der Waals surface area (Å²) in [6.07, 6.45) is 1.78. The molecule has 0 aliphatic rings. The average molecular weight is 342 g/mol. The fourth-order valence-electron chi connectivity index (χ4n) is 2.39. The predicted molar refractivity (Wildman–Crippen MR) is 94.1 cm³/mol. The van der Waals surface area contributed by atoms with E-state index >= 15 is 0 Å². The molecule has 6 heteroatoms. The van der Waals surface area contributed by atoms with Crippen molar-refractivity contribution in [3.8, 4) is 11.4 Å². The third kappa shape index (κ3) is 3.82. The molecule has 1 aromatic carbocycles. The Bertz CT molecular complexity index is 802. The summed E-state index contributed by atoms with van der Waals surface area (Å²) in [5.41, 5.74) is 1.46. The van der Waals surface area contributed by atoms with E-state index in [1.54, 1.807) is 30.1 Å². The Morgan fingerprint density at radius 1 is 1.08 bits per heavy atom. The first-order valence-electron chi connectivity index (χ1n) is 7.86. The SMILES string of the molecule is CC(C)Cn1c(SCc2ccccn2)nnc1-c1ccccc1F.